The van der Waals surface area contributed by atoms with Crippen molar-refractivity contribution in [3.63, 3.8) is 0 Å². The van der Waals surface area contributed by atoms with Crippen molar-refractivity contribution < 1.29 is 13.3 Å². The third-order valence-corrected chi connectivity index (χ3v) is 4.34. The van der Waals surface area contributed by atoms with Crippen molar-refractivity contribution in [1.29, 1.82) is 0 Å². The summed E-state index contributed by atoms with van der Waals surface area (Å²) in [6, 6.07) is 5.36. The molecule has 1 aromatic heterocycles. The zero-order valence-electron chi connectivity index (χ0n) is 12.7. The Morgan fingerprint density at radius 1 is 1.09 bits per heavy atom. The van der Waals surface area contributed by atoms with E-state index in [0.29, 0.717) is 17.0 Å². The second-order valence-electron chi connectivity index (χ2n) is 4.91. The maximum absolute atomic E-state index is 12.3. The minimum Gasteiger partial charge on any atom is -0.276 e. The summed E-state index contributed by atoms with van der Waals surface area (Å²) in [5, 5.41) is 10.8. The van der Waals surface area contributed by atoms with Crippen molar-refractivity contribution in [3.05, 3.63) is 51.3 Å². The number of non-ortho nitro benzene ring substituents is 1. The lowest BCUT2D eigenvalue weighted by atomic mass is 10.2. The summed E-state index contributed by atoms with van der Waals surface area (Å²) in [5.74, 6) is 0.0918. The average Bonchev–Trinajstić information content (AvgIpc) is 2.44. The predicted molar refractivity (Wildman–Crippen MR) is 83.3 cm³/mol. The summed E-state index contributed by atoms with van der Waals surface area (Å²) in [4.78, 5) is 20.2. The fraction of sp³-hybridized carbons (Fsp3) is 0.231. The quantitative estimate of drug-likeness (QED) is 0.626. The van der Waals surface area contributed by atoms with Crippen molar-refractivity contribution in [2.24, 2.45) is 0 Å². The molecule has 0 bridgehead atoms. The summed E-state index contributed by atoms with van der Waals surface area (Å²) in [7, 11) is -4.02. The second-order valence-corrected chi connectivity index (χ2v) is 6.56. The molecule has 2 rings (SSSR count). The van der Waals surface area contributed by atoms with Gasteiger partial charge in [-0.1, -0.05) is 6.07 Å². The third kappa shape index (κ3) is 3.99. The lowest BCUT2D eigenvalue weighted by molar-refractivity contribution is -0.385. The smallest absolute Gasteiger partial charge is 0.270 e. The molecule has 0 aliphatic rings. The van der Waals surface area contributed by atoms with E-state index in [1.807, 2.05) is 0 Å². The first-order valence-corrected chi connectivity index (χ1v) is 8.02. The van der Waals surface area contributed by atoms with Crippen LogP contribution in [0.1, 0.15) is 17.0 Å². The molecule has 0 aliphatic carbocycles. The van der Waals surface area contributed by atoms with Gasteiger partial charge in [0, 0.05) is 23.5 Å². The Kier molecular flexibility index (Phi) is 4.57. The molecule has 0 aliphatic heterocycles. The molecule has 1 aromatic carbocycles. The maximum Gasteiger partial charge on any atom is 0.270 e. The Labute approximate surface area is 133 Å². The highest BCUT2D eigenvalue weighted by Crippen LogP contribution is 2.21. The number of rotatable bonds is 5. The third-order valence-electron chi connectivity index (χ3n) is 2.95. The van der Waals surface area contributed by atoms with E-state index in [1.165, 1.54) is 12.1 Å². The van der Waals surface area contributed by atoms with E-state index >= 15 is 0 Å². The maximum atomic E-state index is 12.3. The lowest BCUT2D eigenvalue weighted by Gasteiger charge is -2.11. The van der Waals surface area contributed by atoms with Crippen molar-refractivity contribution in [2.75, 3.05) is 5.43 Å². The van der Waals surface area contributed by atoms with Crippen molar-refractivity contribution in [2.45, 2.75) is 25.7 Å². The first-order valence-electron chi connectivity index (χ1n) is 6.54. The lowest BCUT2D eigenvalue weighted by Crippen LogP contribution is -2.31. The number of nitrogens with one attached hydrogen (secondary N) is 2. The first kappa shape index (κ1) is 16.8. The topological polar surface area (TPSA) is 127 Å². The van der Waals surface area contributed by atoms with Gasteiger partial charge in [0.15, 0.2) is 0 Å². The van der Waals surface area contributed by atoms with E-state index in [9.17, 15) is 18.5 Å². The number of hydrogen-bond donors (Lipinski definition) is 2. The molecule has 0 amide bonds. The average molecular weight is 337 g/mol. The number of anilines is 1. The Morgan fingerprint density at radius 3 is 2.26 bits per heavy atom. The summed E-state index contributed by atoms with van der Waals surface area (Å²) in [5.41, 5.74) is 3.83. The van der Waals surface area contributed by atoms with Gasteiger partial charge in [-0.05, 0) is 32.4 Å². The van der Waals surface area contributed by atoms with Crippen LogP contribution in [0.3, 0.4) is 0 Å². The van der Waals surface area contributed by atoms with Crippen LogP contribution in [0.2, 0.25) is 0 Å². The summed E-state index contributed by atoms with van der Waals surface area (Å²) in [6.45, 7) is 5.05. The van der Waals surface area contributed by atoms with Gasteiger partial charge in [0.2, 0.25) is 5.95 Å². The molecule has 23 heavy (non-hydrogen) atoms. The fourth-order valence-corrected chi connectivity index (χ4v) is 3.04. The molecular formula is C13H15N5O4S. The van der Waals surface area contributed by atoms with Crippen LogP contribution in [0.25, 0.3) is 0 Å². The molecular weight excluding hydrogens is 322 g/mol. The molecule has 1 heterocycles. The Balaban J connectivity index is 2.28. The summed E-state index contributed by atoms with van der Waals surface area (Å²) in [6.07, 6.45) is 0. The zero-order valence-corrected chi connectivity index (χ0v) is 13.5. The van der Waals surface area contributed by atoms with Gasteiger partial charge in [0.05, 0.1) is 9.82 Å². The molecule has 0 saturated carbocycles. The molecule has 0 saturated heterocycles. The number of aromatic nitrogens is 2. The van der Waals surface area contributed by atoms with Crippen molar-refractivity contribution >= 4 is 21.7 Å². The normalized spacial score (nSPS) is 11.3. The van der Waals surface area contributed by atoms with Crippen LogP contribution in [0.4, 0.5) is 11.6 Å². The van der Waals surface area contributed by atoms with Gasteiger partial charge in [-0.15, -0.1) is 4.83 Å². The van der Waals surface area contributed by atoms with Crippen LogP contribution in [-0.4, -0.2) is 23.3 Å². The van der Waals surface area contributed by atoms with Crippen LogP contribution in [0.15, 0.2) is 29.2 Å². The fourth-order valence-electron chi connectivity index (χ4n) is 1.94. The van der Waals surface area contributed by atoms with Gasteiger partial charge >= 0.3 is 0 Å². The van der Waals surface area contributed by atoms with E-state index in [1.54, 1.807) is 26.8 Å². The minimum atomic E-state index is -4.02. The van der Waals surface area contributed by atoms with Gasteiger partial charge in [-0.3, -0.25) is 15.5 Å². The molecule has 0 unspecified atom stereocenters. The molecule has 2 N–H and O–H groups in total. The van der Waals surface area contributed by atoms with Crippen LogP contribution in [0, 0.1) is 30.9 Å². The van der Waals surface area contributed by atoms with Crippen molar-refractivity contribution in [3.8, 4) is 0 Å². The van der Waals surface area contributed by atoms with Gasteiger partial charge < -0.3 is 0 Å². The van der Waals surface area contributed by atoms with Gasteiger partial charge in [0.25, 0.3) is 15.7 Å². The monoisotopic (exact) mass is 337 g/mol. The number of hydrogen-bond acceptors (Lipinski definition) is 7. The highest BCUT2D eigenvalue weighted by Gasteiger charge is 2.20. The molecule has 10 heteroatoms. The van der Waals surface area contributed by atoms with E-state index in [4.69, 9.17) is 0 Å². The number of nitrogens with zero attached hydrogens (tertiary/aromatic N) is 3. The van der Waals surface area contributed by atoms with E-state index in [-0.39, 0.29) is 16.5 Å². The van der Waals surface area contributed by atoms with Crippen LogP contribution in [-0.2, 0) is 10.0 Å². The number of benzene rings is 1. The largest absolute Gasteiger partial charge is 0.276 e. The number of sulfonamides is 1. The van der Waals surface area contributed by atoms with E-state index in [2.05, 4.69) is 20.2 Å². The highest BCUT2D eigenvalue weighted by molar-refractivity contribution is 7.89. The number of aryl methyl sites for hydroxylation is 3. The van der Waals surface area contributed by atoms with Crippen LogP contribution < -0.4 is 10.3 Å². The molecule has 0 spiro atoms. The van der Waals surface area contributed by atoms with E-state index in [0.717, 1.165) is 6.07 Å². The predicted octanol–water partition coefficient (Wildman–Crippen LogP) is 1.62. The Hall–Kier alpha value is -2.59. The molecule has 0 fully saturated rings. The van der Waals surface area contributed by atoms with Gasteiger partial charge in [-0.2, -0.15) is 0 Å². The minimum absolute atomic E-state index is 0.0918. The Morgan fingerprint density at radius 2 is 1.70 bits per heavy atom. The van der Waals surface area contributed by atoms with Crippen LogP contribution >= 0.6 is 0 Å². The highest BCUT2D eigenvalue weighted by atomic mass is 32.2. The molecule has 9 nitrogen and oxygen atoms in total. The van der Waals surface area contributed by atoms with E-state index < -0.39 is 14.9 Å². The number of hydrazine groups is 1. The van der Waals surface area contributed by atoms with Gasteiger partial charge in [0.1, 0.15) is 0 Å². The SMILES string of the molecule is Cc1cc(C)nc(NNS(=O)(=O)c2cc([N+](=O)[O-])ccc2C)n1. The first-order chi connectivity index (χ1) is 10.7. The number of nitro groups is 1. The van der Waals surface area contributed by atoms with Crippen molar-refractivity contribution in [1.82, 2.24) is 14.8 Å². The van der Waals surface area contributed by atoms with Crippen LogP contribution in [0.5, 0.6) is 0 Å². The van der Waals surface area contributed by atoms with Gasteiger partial charge in [-0.25, -0.2) is 18.4 Å². The molecule has 0 radical (unpaired) electrons. The Bertz CT molecular complexity index is 846. The second kappa shape index (κ2) is 6.26. The molecule has 122 valence electrons. The number of nitro benzene ring substituents is 1. The standard InChI is InChI=1S/C13H15N5O4S/c1-8-4-5-11(18(19)20)7-12(8)23(21,22)17-16-13-14-9(2)6-10(3)15-13/h4-7,17H,1-3H3,(H,14,15,16). The summed E-state index contributed by atoms with van der Waals surface area (Å²) >= 11 is 0. The zero-order chi connectivity index (χ0) is 17.2. The molecule has 0 atom stereocenters. The molecule has 2 aromatic rings. The summed E-state index contributed by atoms with van der Waals surface area (Å²) < 4.78 is 24.6.